The van der Waals surface area contributed by atoms with Crippen molar-refractivity contribution in [3.05, 3.63) is 0 Å². The van der Waals surface area contributed by atoms with E-state index in [9.17, 15) is 31.9 Å². The van der Waals surface area contributed by atoms with Gasteiger partial charge in [-0.25, -0.2) is 0 Å². The molecule has 0 amide bonds. The van der Waals surface area contributed by atoms with Crippen LogP contribution < -0.4 is 0 Å². The van der Waals surface area contributed by atoms with E-state index in [4.69, 9.17) is 0 Å². The first kappa shape index (κ1) is 37.4. The number of carbonyl (C=O) groups is 1. The molecule has 4 aliphatic carbocycles. The number of carbonyl (C=O) groups excluding carboxylic acids is 1. The molecule has 0 heterocycles. The van der Waals surface area contributed by atoms with Crippen LogP contribution in [0.3, 0.4) is 0 Å². The average Bonchev–Trinajstić information content (AvgIpc) is 3.28. The number of halogens is 5. The van der Waals surface area contributed by atoms with E-state index < -0.39 is 18.5 Å². The Morgan fingerprint density at radius 3 is 1.98 bits per heavy atom. The summed E-state index contributed by atoms with van der Waals surface area (Å²) in [4.78, 5) is 12.5. The van der Waals surface area contributed by atoms with Crippen molar-refractivity contribution < 1.29 is 31.9 Å². The van der Waals surface area contributed by atoms with Gasteiger partial charge in [-0.05, 0) is 103 Å². The lowest BCUT2D eigenvalue weighted by Crippen LogP contribution is -2.57. The smallest absolute Gasteiger partial charge is 0.393 e. The van der Waals surface area contributed by atoms with E-state index >= 15 is 0 Å². The predicted molar refractivity (Wildman–Crippen MR) is 175 cm³/mol. The molecule has 0 aromatic carbocycles. The monoisotopic (exact) mass is 664 g/mol. The maximum Gasteiger partial charge on any atom is 0.453 e. The highest BCUT2D eigenvalue weighted by Crippen LogP contribution is 2.67. The Morgan fingerprint density at radius 2 is 1.33 bits per heavy atom. The molecule has 0 aromatic heterocycles. The van der Waals surface area contributed by atoms with E-state index in [1.807, 2.05) is 0 Å². The second kappa shape index (κ2) is 16.4. The lowest BCUT2D eigenvalue weighted by molar-refractivity contribution is -0.284. The standard InChI is InChI=1S/C37H61F5O2S/c1-34-21-18-29(43)26-28(34)25-27(33-30-16-17-32(44)35(30,2)22-19-31(33)34)15-12-10-8-6-4-3-5-7-9-11-13-23-45-24-14-20-36(38,39)37(40,41)42/h27-28,30-33,44H,3-26H2,1-2H3/t27?,28?,30-,31+,32?,33-,34-,35-/m0/s1. The van der Waals surface area contributed by atoms with Crippen LogP contribution in [0.1, 0.15) is 155 Å². The molecule has 262 valence electrons. The zero-order valence-corrected chi connectivity index (χ0v) is 28.9. The molecule has 4 aliphatic rings. The number of alkyl halides is 5. The van der Waals surface area contributed by atoms with Gasteiger partial charge >= 0.3 is 12.1 Å². The van der Waals surface area contributed by atoms with Crippen molar-refractivity contribution in [3.63, 3.8) is 0 Å². The number of aliphatic hydroxyl groups excluding tert-OH is 1. The first-order valence-electron chi connectivity index (χ1n) is 18.5. The topological polar surface area (TPSA) is 37.3 Å². The third-order valence-electron chi connectivity index (χ3n) is 13.2. The van der Waals surface area contributed by atoms with Gasteiger partial charge in [0.1, 0.15) is 5.78 Å². The highest BCUT2D eigenvalue weighted by atomic mass is 32.2. The van der Waals surface area contributed by atoms with Crippen molar-refractivity contribution in [1.29, 1.82) is 0 Å². The van der Waals surface area contributed by atoms with Crippen molar-refractivity contribution in [2.45, 2.75) is 173 Å². The summed E-state index contributed by atoms with van der Waals surface area (Å²) in [6.45, 7) is 4.90. The first-order valence-corrected chi connectivity index (χ1v) is 19.7. The minimum absolute atomic E-state index is 0.0943. The van der Waals surface area contributed by atoms with E-state index in [1.54, 1.807) is 0 Å². The van der Waals surface area contributed by atoms with Gasteiger partial charge < -0.3 is 5.11 Å². The fraction of sp³-hybridized carbons (Fsp3) is 0.973. The zero-order valence-electron chi connectivity index (χ0n) is 28.1. The number of unbranched alkanes of at least 4 members (excludes halogenated alkanes) is 10. The third-order valence-corrected chi connectivity index (χ3v) is 14.3. The van der Waals surface area contributed by atoms with E-state index in [2.05, 4.69) is 13.8 Å². The van der Waals surface area contributed by atoms with Crippen LogP contribution in [-0.4, -0.2) is 40.6 Å². The molecule has 0 aliphatic heterocycles. The van der Waals surface area contributed by atoms with Crippen LogP contribution in [0.5, 0.6) is 0 Å². The highest BCUT2D eigenvalue weighted by Gasteiger charge is 2.62. The minimum Gasteiger partial charge on any atom is -0.393 e. The lowest BCUT2D eigenvalue weighted by atomic mass is 9.42. The van der Waals surface area contributed by atoms with Gasteiger partial charge in [0.2, 0.25) is 0 Å². The SMILES string of the molecule is C[C@]12CCC(=O)CC1CC(CCCCCCCCCCCCCSCCCC(F)(F)C(F)(F)F)[C@@H]1[C@H]2CC[C@]2(C)C(O)CC[C@@H]12. The first-order chi connectivity index (χ1) is 21.3. The summed E-state index contributed by atoms with van der Waals surface area (Å²) >= 11 is 1.48. The van der Waals surface area contributed by atoms with E-state index in [0.717, 1.165) is 62.5 Å². The normalized spacial score (nSPS) is 35.2. The third kappa shape index (κ3) is 9.21. The minimum atomic E-state index is -5.43. The van der Waals surface area contributed by atoms with Crippen molar-refractivity contribution >= 4 is 17.5 Å². The van der Waals surface area contributed by atoms with Crippen LogP contribution in [-0.2, 0) is 4.79 Å². The number of hydrogen-bond donors (Lipinski definition) is 1. The van der Waals surface area contributed by atoms with E-state index in [0.29, 0.717) is 34.7 Å². The van der Waals surface area contributed by atoms with Gasteiger partial charge in [-0.3, -0.25) is 4.79 Å². The Bertz CT molecular complexity index is 927. The Kier molecular flexibility index (Phi) is 13.6. The predicted octanol–water partition coefficient (Wildman–Crippen LogP) is 11.6. The lowest BCUT2D eigenvalue weighted by Gasteiger charge is -2.62. The highest BCUT2D eigenvalue weighted by molar-refractivity contribution is 7.99. The molecule has 0 spiro atoms. The average molecular weight is 665 g/mol. The number of Topliss-reactive ketones (excluding diaryl/α,β-unsaturated/α-hetero) is 1. The summed E-state index contributed by atoms with van der Waals surface area (Å²) in [5.74, 6) is 0.495. The molecule has 8 atom stereocenters. The molecule has 4 rings (SSSR count). The maximum absolute atomic E-state index is 12.9. The molecule has 0 aromatic rings. The van der Waals surface area contributed by atoms with Gasteiger partial charge in [0.25, 0.3) is 0 Å². The molecule has 0 radical (unpaired) electrons. The Morgan fingerprint density at radius 1 is 0.756 bits per heavy atom. The van der Waals surface area contributed by atoms with Crippen LogP contribution in [0.4, 0.5) is 22.0 Å². The summed E-state index contributed by atoms with van der Waals surface area (Å²) < 4.78 is 62.4. The molecule has 0 saturated heterocycles. The van der Waals surface area contributed by atoms with Gasteiger partial charge in [0, 0.05) is 19.3 Å². The summed E-state index contributed by atoms with van der Waals surface area (Å²) in [7, 11) is 0. The summed E-state index contributed by atoms with van der Waals surface area (Å²) in [5, 5.41) is 11.0. The van der Waals surface area contributed by atoms with Gasteiger partial charge in [0.05, 0.1) is 6.10 Å². The molecule has 45 heavy (non-hydrogen) atoms. The summed E-state index contributed by atoms with van der Waals surface area (Å²) in [5.41, 5.74) is 0.408. The van der Waals surface area contributed by atoms with Crippen molar-refractivity contribution in [2.24, 2.45) is 40.4 Å². The molecular formula is C37H61F5O2S. The number of fused-ring (bicyclic) bond motifs is 5. The Labute approximate surface area is 274 Å². The van der Waals surface area contributed by atoms with Gasteiger partial charge in [-0.2, -0.15) is 33.7 Å². The Balaban J connectivity index is 1.05. The number of hydrogen-bond acceptors (Lipinski definition) is 3. The van der Waals surface area contributed by atoms with Crippen LogP contribution in [0.2, 0.25) is 0 Å². The molecule has 0 bridgehead atoms. The summed E-state index contributed by atoms with van der Waals surface area (Å²) in [6.07, 6.45) is 16.4. The second-order valence-electron chi connectivity index (χ2n) is 16.0. The zero-order chi connectivity index (χ0) is 32.7. The van der Waals surface area contributed by atoms with Crippen molar-refractivity contribution in [1.82, 2.24) is 0 Å². The maximum atomic E-state index is 12.9. The second-order valence-corrected chi connectivity index (χ2v) is 17.2. The molecule has 4 fully saturated rings. The number of ketones is 1. The van der Waals surface area contributed by atoms with Gasteiger partial charge in [0.15, 0.2) is 0 Å². The quantitative estimate of drug-likeness (QED) is 0.117. The largest absolute Gasteiger partial charge is 0.453 e. The number of thioether (sulfide) groups is 1. The van der Waals surface area contributed by atoms with Gasteiger partial charge in [-0.15, -0.1) is 0 Å². The molecule has 8 heteroatoms. The van der Waals surface area contributed by atoms with Crippen molar-refractivity contribution in [3.8, 4) is 0 Å². The van der Waals surface area contributed by atoms with Crippen LogP contribution in [0.15, 0.2) is 0 Å². The van der Waals surface area contributed by atoms with Crippen molar-refractivity contribution in [2.75, 3.05) is 11.5 Å². The van der Waals surface area contributed by atoms with Crippen LogP contribution in [0.25, 0.3) is 0 Å². The summed E-state index contributed by atoms with van der Waals surface area (Å²) in [6, 6.07) is 0. The molecule has 4 saturated carbocycles. The molecule has 3 unspecified atom stereocenters. The molecular weight excluding hydrogens is 603 g/mol. The number of rotatable bonds is 18. The van der Waals surface area contributed by atoms with E-state index in [1.165, 1.54) is 95.2 Å². The van der Waals surface area contributed by atoms with Gasteiger partial charge in [-0.1, -0.05) is 84.5 Å². The van der Waals surface area contributed by atoms with Crippen LogP contribution in [0, 0.1) is 40.4 Å². The fourth-order valence-corrected chi connectivity index (χ4v) is 11.3. The number of aliphatic hydroxyl groups is 1. The molecule has 2 nitrogen and oxygen atoms in total. The fourth-order valence-electron chi connectivity index (χ4n) is 10.3. The van der Waals surface area contributed by atoms with E-state index in [-0.39, 0.29) is 17.9 Å². The Hall–Kier alpha value is -0.370. The van der Waals surface area contributed by atoms with Crippen LogP contribution >= 0.6 is 11.8 Å². The molecule has 1 N–H and O–H groups in total.